The normalized spacial score (nSPS) is 12.8. The lowest BCUT2D eigenvalue weighted by Gasteiger charge is -2.17. The van der Waals surface area contributed by atoms with Crippen molar-refractivity contribution in [1.82, 2.24) is 25.4 Å². The highest BCUT2D eigenvalue weighted by molar-refractivity contribution is 5.78. The predicted molar refractivity (Wildman–Crippen MR) is 65.2 cm³/mol. The topological polar surface area (TPSA) is 71.8 Å². The number of nitrogens with zero attached hydrogens (tertiary/aromatic N) is 3. The van der Waals surface area contributed by atoms with Gasteiger partial charge in [-0.3, -0.25) is 9.48 Å². The van der Waals surface area contributed by atoms with Gasteiger partial charge in [0.25, 0.3) is 0 Å². The zero-order chi connectivity index (χ0) is 12.8. The van der Waals surface area contributed by atoms with Crippen LogP contribution in [-0.4, -0.2) is 33.3 Å². The summed E-state index contributed by atoms with van der Waals surface area (Å²) in [5.74, 6) is 1.13. The van der Waals surface area contributed by atoms with Crippen molar-refractivity contribution in [1.29, 1.82) is 0 Å². The molecule has 1 atom stereocenters. The van der Waals surface area contributed by atoms with Gasteiger partial charge >= 0.3 is 0 Å². The van der Waals surface area contributed by atoms with Crippen LogP contribution in [0.3, 0.4) is 0 Å². The number of aromatic nitrogens is 3. The molecule has 1 aromatic heterocycles. The Bertz CT molecular complexity index is 360. The molecule has 1 aromatic rings. The maximum absolute atomic E-state index is 11.5. The monoisotopic (exact) mass is 239 g/mol. The summed E-state index contributed by atoms with van der Waals surface area (Å²) in [5, 5.41) is 10.0. The third kappa shape index (κ3) is 4.95. The van der Waals surface area contributed by atoms with Crippen molar-refractivity contribution in [2.45, 2.75) is 33.4 Å². The third-order valence-corrected chi connectivity index (χ3v) is 2.60. The van der Waals surface area contributed by atoms with E-state index in [9.17, 15) is 4.79 Å². The lowest BCUT2D eigenvalue weighted by molar-refractivity contribution is -0.121. The van der Waals surface area contributed by atoms with E-state index < -0.39 is 0 Å². The average molecular weight is 239 g/mol. The number of nitrogens with one attached hydrogen (secondary N) is 2. The number of hydrogen-bond acceptors (Lipinski definition) is 4. The van der Waals surface area contributed by atoms with Crippen LogP contribution in [0.25, 0.3) is 0 Å². The van der Waals surface area contributed by atoms with E-state index in [1.54, 1.807) is 11.0 Å². The van der Waals surface area contributed by atoms with Crippen LogP contribution >= 0.6 is 0 Å². The molecule has 0 aliphatic carbocycles. The molecule has 0 saturated heterocycles. The van der Waals surface area contributed by atoms with Gasteiger partial charge in [-0.15, -0.1) is 0 Å². The Morgan fingerprint density at radius 2 is 2.18 bits per heavy atom. The maximum atomic E-state index is 11.5. The highest BCUT2D eigenvalue weighted by atomic mass is 16.1. The molecule has 6 nitrogen and oxygen atoms in total. The van der Waals surface area contributed by atoms with E-state index in [1.807, 2.05) is 14.0 Å². The van der Waals surface area contributed by atoms with Crippen LogP contribution in [0.1, 0.15) is 26.6 Å². The minimum absolute atomic E-state index is 0.00197. The van der Waals surface area contributed by atoms with Gasteiger partial charge in [-0.1, -0.05) is 13.8 Å². The smallest absolute Gasteiger partial charge is 0.234 e. The van der Waals surface area contributed by atoms with Crippen LogP contribution in [0.5, 0.6) is 0 Å². The molecular weight excluding hydrogens is 218 g/mol. The molecule has 17 heavy (non-hydrogen) atoms. The number of aryl methyl sites for hydroxylation is 1. The van der Waals surface area contributed by atoms with Crippen molar-refractivity contribution in [3.63, 3.8) is 0 Å². The number of rotatable bonds is 6. The van der Waals surface area contributed by atoms with Gasteiger partial charge in [-0.25, -0.2) is 4.98 Å². The van der Waals surface area contributed by atoms with E-state index in [-0.39, 0.29) is 18.5 Å². The Balaban J connectivity index is 2.20. The Morgan fingerprint density at radius 3 is 2.71 bits per heavy atom. The van der Waals surface area contributed by atoms with E-state index >= 15 is 0 Å². The van der Waals surface area contributed by atoms with E-state index in [2.05, 4.69) is 34.6 Å². The second kappa shape index (κ2) is 6.34. The summed E-state index contributed by atoms with van der Waals surface area (Å²) in [6.45, 7) is 6.95. The fourth-order valence-electron chi connectivity index (χ4n) is 1.22. The van der Waals surface area contributed by atoms with Crippen LogP contribution in [0.15, 0.2) is 6.33 Å². The average Bonchev–Trinajstić information content (AvgIpc) is 2.64. The van der Waals surface area contributed by atoms with E-state index in [1.165, 1.54) is 0 Å². The summed E-state index contributed by atoms with van der Waals surface area (Å²) >= 11 is 0. The molecule has 0 radical (unpaired) electrons. The SMILES string of the molecule is CC(C)C(C)NC(=O)CNCc1ncn(C)n1. The molecule has 1 unspecified atom stereocenters. The number of carbonyl (C=O) groups is 1. The maximum Gasteiger partial charge on any atom is 0.234 e. The Morgan fingerprint density at radius 1 is 1.47 bits per heavy atom. The summed E-state index contributed by atoms with van der Waals surface area (Å²) < 4.78 is 1.64. The van der Waals surface area contributed by atoms with Gasteiger partial charge < -0.3 is 10.6 Å². The second-order valence-corrected chi connectivity index (χ2v) is 4.54. The number of carbonyl (C=O) groups excluding carboxylic acids is 1. The van der Waals surface area contributed by atoms with Gasteiger partial charge in [0.05, 0.1) is 13.1 Å². The summed E-state index contributed by atoms with van der Waals surface area (Å²) in [6.07, 6.45) is 1.64. The van der Waals surface area contributed by atoms with Crippen molar-refractivity contribution < 1.29 is 4.79 Å². The standard InChI is InChI=1S/C11H21N5O/c1-8(2)9(3)14-11(17)6-12-5-10-13-7-16(4)15-10/h7-9,12H,5-6H2,1-4H3,(H,14,17). The molecule has 0 fully saturated rings. The van der Waals surface area contributed by atoms with Gasteiger partial charge in [0, 0.05) is 13.1 Å². The first-order chi connectivity index (χ1) is 7.99. The largest absolute Gasteiger partial charge is 0.352 e. The predicted octanol–water partition coefficient (Wildman–Crippen LogP) is 0.0654. The van der Waals surface area contributed by atoms with Crippen LogP contribution < -0.4 is 10.6 Å². The molecule has 0 aromatic carbocycles. The van der Waals surface area contributed by atoms with Crippen LogP contribution in [0, 0.1) is 5.92 Å². The molecule has 0 spiro atoms. The zero-order valence-electron chi connectivity index (χ0n) is 10.9. The van der Waals surface area contributed by atoms with Crippen LogP contribution in [-0.2, 0) is 18.4 Å². The molecule has 0 saturated carbocycles. The first kappa shape index (κ1) is 13.6. The van der Waals surface area contributed by atoms with E-state index in [0.717, 1.165) is 0 Å². The molecule has 0 aliphatic rings. The Labute approximate surface area is 102 Å². The first-order valence-corrected chi connectivity index (χ1v) is 5.83. The summed E-state index contributed by atoms with van der Waals surface area (Å²) in [5.41, 5.74) is 0. The van der Waals surface area contributed by atoms with Crippen LogP contribution in [0.4, 0.5) is 0 Å². The molecule has 96 valence electrons. The fourth-order valence-corrected chi connectivity index (χ4v) is 1.22. The van der Waals surface area contributed by atoms with Crippen molar-refractivity contribution in [2.75, 3.05) is 6.54 Å². The van der Waals surface area contributed by atoms with Crippen molar-refractivity contribution >= 4 is 5.91 Å². The lowest BCUT2D eigenvalue weighted by Crippen LogP contribution is -2.41. The van der Waals surface area contributed by atoms with E-state index in [4.69, 9.17) is 0 Å². The molecule has 6 heteroatoms. The van der Waals surface area contributed by atoms with Crippen molar-refractivity contribution in [3.8, 4) is 0 Å². The van der Waals surface area contributed by atoms with Crippen molar-refractivity contribution in [2.24, 2.45) is 13.0 Å². The molecule has 1 rings (SSSR count). The Hall–Kier alpha value is -1.43. The minimum atomic E-state index is 0.00197. The summed E-state index contributed by atoms with van der Waals surface area (Å²) in [4.78, 5) is 15.6. The van der Waals surface area contributed by atoms with Crippen molar-refractivity contribution in [3.05, 3.63) is 12.2 Å². The molecule has 2 N–H and O–H groups in total. The Kier molecular flexibility index (Phi) is 5.09. The van der Waals surface area contributed by atoms with Gasteiger partial charge in [0.1, 0.15) is 6.33 Å². The lowest BCUT2D eigenvalue weighted by atomic mass is 10.1. The molecular formula is C11H21N5O. The summed E-state index contributed by atoms with van der Waals surface area (Å²) in [7, 11) is 1.81. The minimum Gasteiger partial charge on any atom is -0.352 e. The van der Waals surface area contributed by atoms with Gasteiger partial charge in [-0.05, 0) is 12.8 Å². The van der Waals surface area contributed by atoms with Gasteiger partial charge in [0.15, 0.2) is 5.82 Å². The second-order valence-electron chi connectivity index (χ2n) is 4.54. The molecule has 0 bridgehead atoms. The fraction of sp³-hybridized carbons (Fsp3) is 0.727. The zero-order valence-corrected chi connectivity index (χ0v) is 10.9. The molecule has 0 aliphatic heterocycles. The number of amides is 1. The quantitative estimate of drug-likeness (QED) is 0.736. The van der Waals surface area contributed by atoms with Gasteiger partial charge in [-0.2, -0.15) is 5.10 Å². The van der Waals surface area contributed by atoms with Crippen LogP contribution in [0.2, 0.25) is 0 Å². The van der Waals surface area contributed by atoms with Gasteiger partial charge in [0.2, 0.25) is 5.91 Å². The summed E-state index contributed by atoms with van der Waals surface area (Å²) in [6, 6.07) is 0.192. The van der Waals surface area contributed by atoms with E-state index in [0.29, 0.717) is 18.3 Å². The third-order valence-electron chi connectivity index (χ3n) is 2.60. The highest BCUT2D eigenvalue weighted by Crippen LogP contribution is 1.98. The first-order valence-electron chi connectivity index (χ1n) is 5.83. The molecule has 1 amide bonds. The number of hydrogen-bond donors (Lipinski definition) is 2. The molecule has 1 heterocycles. The highest BCUT2D eigenvalue weighted by Gasteiger charge is 2.10.